The number of nitrogens with one attached hydrogen (secondary N) is 1. The van der Waals surface area contributed by atoms with Gasteiger partial charge < -0.3 is 10.2 Å². The number of carbonyl (C=O) groups excluding carboxylic acids is 1. The summed E-state index contributed by atoms with van der Waals surface area (Å²) in [5, 5.41) is 3.33. The fraction of sp³-hybridized carbons (Fsp3) is 0.480. The van der Waals surface area contributed by atoms with Gasteiger partial charge in [-0.1, -0.05) is 36.4 Å². The van der Waals surface area contributed by atoms with Gasteiger partial charge in [-0.25, -0.2) is 0 Å². The summed E-state index contributed by atoms with van der Waals surface area (Å²) in [7, 11) is 0. The number of hydrogen-bond acceptors (Lipinski definition) is 2. The van der Waals surface area contributed by atoms with Crippen LogP contribution in [0, 0.1) is 23.2 Å². The van der Waals surface area contributed by atoms with Crippen molar-refractivity contribution in [2.45, 2.75) is 38.5 Å². The summed E-state index contributed by atoms with van der Waals surface area (Å²) in [6.07, 6.45) is 7.52. The van der Waals surface area contributed by atoms with E-state index in [-0.39, 0.29) is 5.41 Å². The van der Waals surface area contributed by atoms with Crippen LogP contribution >= 0.6 is 0 Å². The number of carbonyl (C=O) groups is 1. The molecule has 4 saturated carbocycles. The molecule has 4 aliphatic carbocycles. The number of benzene rings is 2. The lowest BCUT2D eigenvalue weighted by Gasteiger charge is -2.55. The van der Waals surface area contributed by atoms with Gasteiger partial charge in [0.25, 0.3) is 0 Å². The van der Waals surface area contributed by atoms with Gasteiger partial charge in [-0.2, -0.15) is 0 Å². The molecular formula is C25H30N2O. The Labute approximate surface area is 168 Å². The molecule has 28 heavy (non-hydrogen) atoms. The van der Waals surface area contributed by atoms with E-state index in [0.29, 0.717) is 12.5 Å². The molecule has 0 atom stereocenters. The molecule has 0 heterocycles. The van der Waals surface area contributed by atoms with Crippen LogP contribution in [-0.2, 0) is 4.79 Å². The predicted molar refractivity (Wildman–Crippen MR) is 114 cm³/mol. The van der Waals surface area contributed by atoms with Crippen LogP contribution in [0.15, 0.2) is 60.7 Å². The van der Waals surface area contributed by atoms with E-state index in [2.05, 4.69) is 58.7 Å². The molecule has 0 saturated heterocycles. The average Bonchev–Trinajstić information content (AvgIpc) is 2.71. The number of rotatable bonds is 6. The molecule has 3 nitrogen and oxygen atoms in total. The normalized spacial score (nSPS) is 30.2. The van der Waals surface area contributed by atoms with E-state index >= 15 is 0 Å². The lowest BCUT2D eigenvalue weighted by molar-refractivity contribution is -0.146. The largest absolute Gasteiger partial charge is 0.354 e. The molecule has 3 heteroatoms. The molecule has 4 aliphatic rings. The van der Waals surface area contributed by atoms with E-state index < -0.39 is 0 Å². The van der Waals surface area contributed by atoms with Gasteiger partial charge in [0.2, 0.25) is 5.91 Å². The van der Waals surface area contributed by atoms with Crippen LogP contribution in [0.5, 0.6) is 0 Å². The van der Waals surface area contributed by atoms with Crippen molar-refractivity contribution in [3.05, 3.63) is 60.7 Å². The van der Waals surface area contributed by atoms with Crippen LogP contribution in [-0.4, -0.2) is 19.0 Å². The van der Waals surface area contributed by atoms with Crippen molar-refractivity contribution in [1.29, 1.82) is 0 Å². The van der Waals surface area contributed by atoms with Crippen molar-refractivity contribution < 1.29 is 4.79 Å². The summed E-state index contributed by atoms with van der Waals surface area (Å²) in [4.78, 5) is 15.5. The standard InChI is InChI=1S/C25H30N2O/c28-24(25-16-19-13-20(17-25)15-21(14-19)18-25)26-11-12-27(22-7-3-1-4-8-22)23-9-5-2-6-10-23/h1-10,19-21H,11-18H2,(H,26,28). The molecule has 2 aromatic rings. The SMILES string of the molecule is O=C(NCCN(c1ccccc1)c1ccccc1)C12CC3CC(CC(C3)C1)C2. The Balaban J connectivity index is 1.26. The Kier molecular flexibility index (Phi) is 4.62. The molecular weight excluding hydrogens is 344 g/mol. The zero-order chi connectivity index (χ0) is 19.0. The third-order valence-corrected chi connectivity index (χ3v) is 7.28. The predicted octanol–water partition coefficient (Wildman–Crippen LogP) is 5.16. The third-order valence-electron chi connectivity index (χ3n) is 7.28. The number of nitrogens with zero attached hydrogens (tertiary/aromatic N) is 1. The lowest BCUT2D eigenvalue weighted by atomic mass is 9.49. The second kappa shape index (κ2) is 7.27. The zero-order valence-corrected chi connectivity index (χ0v) is 16.5. The van der Waals surface area contributed by atoms with Gasteiger partial charge in [0.05, 0.1) is 0 Å². The maximum Gasteiger partial charge on any atom is 0.226 e. The highest BCUT2D eigenvalue weighted by atomic mass is 16.2. The van der Waals surface area contributed by atoms with Gasteiger partial charge in [0.1, 0.15) is 0 Å². The highest BCUT2D eigenvalue weighted by molar-refractivity contribution is 5.83. The summed E-state index contributed by atoms with van der Waals surface area (Å²) in [6.45, 7) is 1.47. The first-order valence-corrected chi connectivity index (χ1v) is 10.9. The zero-order valence-electron chi connectivity index (χ0n) is 16.5. The molecule has 2 aromatic carbocycles. The second-order valence-electron chi connectivity index (χ2n) is 9.28. The lowest BCUT2D eigenvalue weighted by Crippen LogP contribution is -2.54. The fourth-order valence-electron chi connectivity index (χ4n) is 6.48. The highest BCUT2D eigenvalue weighted by Crippen LogP contribution is 2.60. The van der Waals surface area contributed by atoms with Crippen LogP contribution in [0.1, 0.15) is 38.5 Å². The average molecular weight is 375 g/mol. The van der Waals surface area contributed by atoms with E-state index in [1.54, 1.807) is 0 Å². The minimum Gasteiger partial charge on any atom is -0.354 e. The van der Waals surface area contributed by atoms with Crippen molar-refractivity contribution in [2.24, 2.45) is 23.2 Å². The molecule has 0 radical (unpaired) electrons. The molecule has 1 amide bonds. The molecule has 6 rings (SSSR count). The highest BCUT2D eigenvalue weighted by Gasteiger charge is 2.54. The number of anilines is 2. The molecule has 4 bridgehead atoms. The third kappa shape index (κ3) is 3.32. The summed E-state index contributed by atoms with van der Waals surface area (Å²) in [5.74, 6) is 2.75. The molecule has 0 aliphatic heterocycles. The van der Waals surface area contributed by atoms with E-state index in [9.17, 15) is 4.79 Å². The summed E-state index contributed by atoms with van der Waals surface area (Å²) < 4.78 is 0. The molecule has 0 unspecified atom stereocenters. The number of para-hydroxylation sites is 2. The van der Waals surface area contributed by atoms with Crippen molar-refractivity contribution in [2.75, 3.05) is 18.0 Å². The maximum atomic E-state index is 13.2. The first-order valence-electron chi connectivity index (χ1n) is 10.9. The van der Waals surface area contributed by atoms with Gasteiger partial charge >= 0.3 is 0 Å². The summed E-state index contributed by atoms with van der Waals surface area (Å²) in [6, 6.07) is 20.9. The van der Waals surface area contributed by atoms with Crippen molar-refractivity contribution in [3.63, 3.8) is 0 Å². The van der Waals surface area contributed by atoms with E-state index in [1.165, 1.54) is 19.3 Å². The minimum absolute atomic E-state index is 0.0565. The van der Waals surface area contributed by atoms with Crippen molar-refractivity contribution in [1.82, 2.24) is 5.32 Å². The maximum absolute atomic E-state index is 13.2. The van der Waals surface area contributed by atoms with Crippen LogP contribution in [0.2, 0.25) is 0 Å². The smallest absolute Gasteiger partial charge is 0.226 e. The van der Waals surface area contributed by atoms with Crippen LogP contribution < -0.4 is 10.2 Å². The van der Waals surface area contributed by atoms with E-state index in [1.807, 2.05) is 12.1 Å². The second-order valence-corrected chi connectivity index (χ2v) is 9.28. The summed E-state index contributed by atoms with van der Waals surface area (Å²) in [5.41, 5.74) is 2.27. The molecule has 4 fully saturated rings. The Morgan fingerprint density at radius 2 is 1.29 bits per heavy atom. The quantitative estimate of drug-likeness (QED) is 0.758. The summed E-state index contributed by atoms with van der Waals surface area (Å²) >= 11 is 0. The van der Waals surface area contributed by atoms with Gasteiger partial charge in [-0.3, -0.25) is 4.79 Å². The molecule has 0 aromatic heterocycles. The first kappa shape index (κ1) is 17.8. The fourth-order valence-corrected chi connectivity index (χ4v) is 6.48. The number of hydrogen-bond donors (Lipinski definition) is 1. The number of amides is 1. The van der Waals surface area contributed by atoms with Crippen molar-refractivity contribution in [3.8, 4) is 0 Å². The van der Waals surface area contributed by atoms with E-state index in [0.717, 1.165) is 54.9 Å². The first-order chi connectivity index (χ1) is 13.7. The van der Waals surface area contributed by atoms with Gasteiger partial charge in [0, 0.05) is 29.9 Å². The monoisotopic (exact) mass is 374 g/mol. The van der Waals surface area contributed by atoms with Gasteiger partial charge in [0.15, 0.2) is 0 Å². The van der Waals surface area contributed by atoms with Gasteiger partial charge in [-0.15, -0.1) is 0 Å². The Morgan fingerprint density at radius 1 is 0.821 bits per heavy atom. The van der Waals surface area contributed by atoms with Crippen LogP contribution in [0.4, 0.5) is 11.4 Å². The van der Waals surface area contributed by atoms with Crippen LogP contribution in [0.3, 0.4) is 0 Å². The minimum atomic E-state index is -0.0565. The Hall–Kier alpha value is -2.29. The van der Waals surface area contributed by atoms with Crippen molar-refractivity contribution >= 4 is 17.3 Å². The topological polar surface area (TPSA) is 32.3 Å². The van der Waals surface area contributed by atoms with Crippen LogP contribution in [0.25, 0.3) is 0 Å². The van der Waals surface area contributed by atoms with E-state index in [4.69, 9.17) is 0 Å². The molecule has 0 spiro atoms. The van der Waals surface area contributed by atoms with Gasteiger partial charge in [-0.05, 0) is 80.5 Å². The Bertz CT molecular complexity index is 742. The Morgan fingerprint density at radius 3 is 1.75 bits per heavy atom. The molecule has 1 N–H and O–H groups in total. The molecule has 146 valence electrons.